The fourth-order valence-corrected chi connectivity index (χ4v) is 2.86. The molecule has 6 nitrogen and oxygen atoms in total. The Labute approximate surface area is 160 Å². The summed E-state index contributed by atoms with van der Waals surface area (Å²) in [5.41, 5.74) is 6.81. The van der Waals surface area contributed by atoms with Gasteiger partial charge in [0, 0.05) is 34.6 Å². The number of nitrogens with one attached hydrogen (secondary N) is 2. The molecule has 0 radical (unpaired) electrons. The zero-order chi connectivity index (χ0) is 19.3. The first-order chi connectivity index (χ1) is 12.3. The van der Waals surface area contributed by atoms with Crippen LogP contribution < -0.4 is 16.4 Å². The molecule has 136 valence electrons. The Morgan fingerprint density at radius 2 is 1.62 bits per heavy atom. The predicted octanol–water partition coefficient (Wildman–Crippen LogP) is 2.78. The van der Waals surface area contributed by atoms with Crippen molar-refractivity contribution >= 4 is 46.6 Å². The zero-order valence-corrected chi connectivity index (χ0v) is 15.4. The second-order valence-corrected chi connectivity index (χ2v) is 6.41. The van der Waals surface area contributed by atoms with Crippen molar-refractivity contribution in [2.75, 3.05) is 5.32 Å². The number of hydrogen-bond donors (Lipinski definition) is 3. The number of benzene rings is 2. The molecule has 0 aliphatic heterocycles. The molecular weight excluding hydrogens is 377 g/mol. The lowest BCUT2D eigenvalue weighted by atomic mass is 10.0. The molecule has 0 aliphatic rings. The summed E-state index contributed by atoms with van der Waals surface area (Å²) >= 11 is 12.2. The molecule has 0 spiro atoms. The molecule has 4 N–H and O–H groups in total. The van der Waals surface area contributed by atoms with Gasteiger partial charge in [0.05, 0.1) is 0 Å². The monoisotopic (exact) mass is 393 g/mol. The Bertz CT molecular complexity index is 818. The summed E-state index contributed by atoms with van der Waals surface area (Å²) in [5.74, 6) is -1.40. The van der Waals surface area contributed by atoms with Crippen LogP contribution in [-0.2, 0) is 16.0 Å². The van der Waals surface area contributed by atoms with Gasteiger partial charge in [0.2, 0.25) is 11.8 Å². The summed E-state index contributed by atoms with van der Waals surface area (Å²) in [7, 11) is 0. The van der Waals surface area contributed by atoms with Gasteiger partial charge in [-0.3, -0.25) is 14.4 Å². The van der Waals surface area contributed by atoms with E-state index >= 15 is 0 Å². The smallest absolute Gasteiger partial charge is 0.251 e. The first kappa shape index (κ1) is 19.8. The molecule has 2 aromatic carbocycles. The van der Waals surface area contributed by atoms with Gasteiger partial charge in [-0.15, -0.1) is 0 Å². The van der Waals surface area contributed by atoms with Crippen LogP contribution in [0.2, 0.25) is 10.0 Å². The Balaban J connectivity index is 2.13. The topological polar surface area (TPSA) is 101 Å². The largest absolute Gasteiger partial charge is 0.368 e. The third kappa shape index (κ3) is 5.21. The van der Waals surface area contributed by atoms with Crippen LogP contribution in [0, 0.1) is 0 Å². The molecule has 2 aromatic rings. The van der Waals surface area contributed by atoms with Crippen LogP contribution in [0.5, 0.6) is 0 Å². The third-order valence-corrected chi connectivity index (χ3v) is 4.29. The van der Waals surface area contributed by atoms with Crippen LogP contribution >= 0.6 is 23.2 Å². The normalized spacial score (nSPS) is 11.5. The Hall–Kier alpha value is -2.57. The maximum Gasteiger partial charge on any atom is 0.251 e. The van der Waals surface area contributed by atoms with Gasteiger partial charge in [-0.25, -0.2) is 0 Å². The molecule has 0 saturated heterocycles. The highest BCUT2D eigenvalue weighted by Crippen LogP contribution is 2.25. The van der Waals surface area contributed by atoms with Crippen LogP contribution in [0.1, 0.15) is 22.8 Å². The number of anilines is 1. The fraction of sp³-hybridized carbons (Fsp3) is 0.167. The molecule has 26 heavy (non-hydrogen) atoms. The number of hydrogen-bond acceptors (Lipinski definition) is 3. The van der Waals surface area contributed by atoms with Crippen molar-refractivity contribution in [3.63, 3.8) is 0 Å². The Morgan fingerprint density at radius 1 is 1.04 bits per heavy atom. The van der Waals surface area contributed by atoms with Crippen molar-refractivity contribution in [3.05, 3.63) is 63.6 Å². The fourth-order valence-electron chi connectivity index (χ4n) is 2.30. The predicted molar refractivity (Wildman–Crippen MR) is 101 cm³/mol. The minimum Gasteiger partial charge on any atom is -0.368 e. The summed E-state index contributed by atoms with van der Waals surface area (Å²) in [4.78, 5) is 35.1. The number of halogens is 2. The van der Waals surface area contributed by atoms with E-state index in [1.165, 1.54) is 19.1 Å². The Kier molecular flexibility index (Phi) is 6.60. The van der Waals surface area contributed by atoms with E-state index < -0.39 is 17.9 Å². The summed E-state index contributed by atoms with van der Waals surface area (Å²) in [5, 5.41) is 5.95. The van der Waals surface area contributed by atoms with Crippen LogP contribution in [-0.4, -0.2) is 23.8 Å². The standard InChI is InChI=1S/C18H17Cl2N3O3/c1-10(24)22-12-7-5-11(6-8-12)18(26)23-16(17(21)25)9-13-14(19)3-2-4-15(13)20/h2-8,16H,9H2,1H3,(H2,21,25)(H,22,24)(H,23,26)/t16-/m1/s1. The number of amides is 3. The van der Waals surface area contributed by atoms with Crippen LogP contribution in [0.4, 0.5) is 5.69 Å². The molecule has 0 aliphatic carbocycles. The first-order valence-corrected chi connectivity index (χ1v) is 8.44. The van der Waals surface area contributed by atoms with Crippen LogP contribution in [0.3, 0.4) is 0 Å². The summed E-state index contributed by atoms with van der Waals surface area (Å²) in [6.07, 6.45) is 0.0730. The van der Waals surface area contributed by atoms with Crippen molar-refractivity contribution in [2.24, 2.45) is 5.73 Å². The molecule has 0 heterocycles. The quantitative estimate of drug-likeness (QED) is 0.702. The van der Waals surface area contributed by atoms with Crippen LogP contribution in [0.15, 0.2) is 42.5 Å². The van der Waals surface area contributed by atoms with E-state index in [9.17, 15) is 14.4 Å². The van der Waals surface area contributed by atoms with Crippen molar-refractivity contribution in [2.45, 2.75) is 19.4 Å². The number of primary amides is 1. The van der Waals surface area contributed by atoms with Crippen LogP contribution in [0.25, 0.3) is 0 Å². The lowest BCUT2D eigenvalue weighted by Crippen LogP contribution is -2.46. The average molecular weight is 394 g/mol. The van der Waals surface area contributed by atoms with E-state index in [1.54, 1.807) is 30.3 Å². The van der Waals surface area contributed by atoms with Gasteiger partial charge >= 0.3 is 0 Å². The maximum atomic E-state index is 12.4. The molecule has 0 aromatic heterocycles. The number of carbonyl (C=O) groups excluding carboxylic acids is 3. The van der Waals surface area contributed by atoms with Gasteiger partial charge in [0.1, 0.15) is 6.04 Å². The molecule has 3 amide bonds. The van der Waals surface area contributed by atoms with Gasteiger partial charge in [-0.1, -0.05) is 29.3 Å². The molecule has 0 saturated carbocycles. The molecule has 2 rings (SSSR count). The molecule has 0 bridgehead atoms. The minimum absolute atomic E-state index is 0.0730. The molecule has 1 atom stereocenters. The van der Waals surface area contributed by atoms with Gasteiger partial charge in [0.25, 0.3) is 5.91 Å². The summed E-state index contributed by atoms with van der Waals surface area (Å²) in [6.45, 7) is 1.39. The average Bonchev–Trinajstić information content (AvgIpc) is 2.57. The van der Waals surface area contributed by atoms with E-state index in [1.807, 2.05) is 0 Å². The van der Waals surface area contributed by atoms with Crippen molar-refractivity contribution in [1.82, 2.24) is 5.32 Å². The SMILES string of the molecule is CC(=O)Nc1ccc(C(=O)N[C@H](Cc2c(Cl)cccc2Cl)C(N)=O)cc1. The van der Waals surface area contributed by atoms with Gasteiger partial charge in [0.15, 0.2) is 0 Å². The van der Waals surface area contributed by atoms with E-state index in [0.29, 0.717) is 26.9 Å². The molecule has 0 unspecified atom stereocenters. The van der Waals surface area contributed by atoms with E-state index in [2.05, 4.69) is 10.6 Å². The summed E-state index contributed by atoms with van der Waals surface area (Å²) < 4.78 is 0. The highest BCUT2D eigenvalue weighted by molar-refractivity contribution is 6.36. The van der Waals surface area contributed by atoms with E-state index in [0.717, 1.165) is 0 Å². The number of rotatable bonds is 6. The highest BCUT2D eigenvalue weighted by atomic mass is 35.5. The van der Waals surface area contributed by atoms with Crippen molar-refractivity contribution < 1.29 is 14.4 Å². The van der Waals surface area contributed by atoms with Gasteiger partial charge < -0.3 is 16.4 Å². The second-order valence-electron chi connectivity index (χ2n) is 5.59. The molecular formula is C18H17Cl2N3O3. The summed E-state index contributed by atoms with van der Waals surface area (Å²) in [6, 6.07) is 10.2. The minimum atomic E-state index is -0.977. The highest BCUT2D eigenvalue weighted by Gasteiger charge is 2.22. The van der Waals surface area contributed by atoms with E-state index in [-0.39, 0.29) is 12.3 Å². The van der Waals surface area contributed by atoms with Gasteiger partial charge in [-0.2, -0.15) is 0 Å². The van der Waals surface area contributed by atoms with E-state index in [4.69, 9.17) is 28.9 Å². The van der Waals surface area contributed by atoms with Crippen molar-refractivity contribution in [1.29, 1.82) is 0 Å². The Morgan fingerprint density at radius 3 is 2.12 bits per heavy atom. The number of nitrogens with two attached hydrogens (primary N) is 1. The van der Waals surface area contributed by atoms with Gasteiger partial charge in [-0.05, 0) is 42.0 Å². The number of carbonyl (C=O) groups is 3. The zero-order valence-electron chi connectivity index (χ0n) is 13.9. The molecule has 0 fully saturated rings. The maximum absolute atomic E-state index is 12.4. The lowest BCUT2D eigenvalue weighted by Gasteiger charge is -2.17. The third-order valence-electron chi connectivity index (χ3n) is 3.59. The lowest BCUT2D eigenvalue weighted by molar-refractivity contribution is -0.119. The first-order valence-electron chi connectivity index (χ1n) is 7.68. The van der Waals surface area contributed by atoms with Crippen molar-refractivity contribution in [3.8, 4) is 0 Å². The molecule has 8 heteroatoms. The second kappa shape index (κ2) is 8.69.